The molecule has 2 unspecified atom stereocenters. The predicted molar refractivity (Wildman–Crippen MR) is 212 cm³/mol. The van der Waals surface area contributed by atoms with E-state index in [4.69, 9.17) is 23.2 Å². The van der Waals surface area contributed by atoms with Crippen LogP contribution < -0.4 is 5.32 Å². The number of halogens is 2. The third kappa shape index (κ3) is 10.4. The molecule has 2 aliphatic heterocycles. The van der Waals surface area contributed by atoms with Crippen molar-refractivity contribution >= 4 is 67.7 Å². The first-order chi connectivity index (χ1) is 24.3. The highest BCUT2D eigenvalue weighted by atomic mass is 35.5. The molecular weight excluding hydrogens is 760 g/mol. The van der Waals surface area contributed by atoms with Gasteiger partial charge in [-0.15, -0.1) is 22.7 Å². The highest BCUT2D eigenvalue weighted by molar-refractivity contribution is 7.88. The summed E-state index contributed by atoms with van der Waals surface area (Å²) in [7, 11) is -3.21. The van der Waals surface area contributed by atoms with Crippen LogP contribution in [0.4, 0.5) is 0 Å². The van der Waals surface area contributed by atoms with Gasteiger partial charge < -0.3 is 5.32 Å². The van der Waals surface area contributed by atoms with Gasteiger partial charge in [0.1, 0.15) is 0 Å². The maximum absolute atomic E-state index is 12.9. The van der Waals surface area contributed by atoms with E-state index in [1.807, 2.05) is 65.8 Å². The summed E-state index contributed by atoms with van der Waals surface area (Å²) in [5.74, 6) is 0.419. The summed E-state index contributed by atoms with van der Waals surface area (Å²) in [6.07, 6.45) is 6.16. The van der Waals surface area contributed by atoms with E-state index in [-0.39, 0.29) is 17.7 Å². The van der Waals surface area contributed by atoms with Crippen LogP contribution in [-0.4, -0.2) is 76.5 Å². The lowest BCUT2D eigenvalue weighted by Crippen LogP contribution is -2.29. The zero-order valence-electron chi connectivity index (χ0n) is 31.0. The van der Waals surface area contributed by atoms with Crippen molar-refractivity contribution in [3.05, 3.63) is 77.6 Å². The molecule has 4 aromatic rings. The first-order valence-electron chi connectivity index (χ1n) is 17.7. The lowest BCUT2D eigenvalue weighted by atomic mass is 9.95. The number of aryl methyl sites for hydroxylation is 4. The smallest absolute Gasteiger partial charge is 0.252 e. The molecule has 15 heteroatoms. The Kier molecular flexibility index (Phi) is 13.0. The molecule has 1 N–H and O–H groups in total. The van der Waals surface area contributed by atoms with E-state index in [2.05, 4.69) is 27.6 Å². The Bertz CT molecular complexity index is 1980. The van der Waals surface area contributed by atoms with Crippen LogP contribution in [0.25, 0.3) is 0 Å². The molecule has 0 aliphatic carbocycles. The summed E-state index contributed by atoms with van der Waals surface area (Å²) < 4.78 is 29.8. The van der Waals surface area contributed by atoms with Gasteiger partial charge in [-0.3, -0.25) is 9.59 Å². The van der Waals surface area contributed by atoms with Crippen LogP contribution in [-0.2, 0) is 35.7 Å². The minimum atomic E-state index is -3.21. The molecule has 52 heavy (non-hydrogen) atoms. The standard InChI is InChI=1S/C19H26ClN3O3S2.C18H24ClN3OS/c1-19(2,3)18(24)23-14(5-6-15-7-8-17(20)27-15)11-16(21-23)13-9-10-22(12-13)28(4,25)26;1-18(2,3)17(23)22-13(4-5-14-6-7-16(19)24-14)10-15(21-22)12-8-9-20-11-12/h7-8,11,13H,5-6,9-10,12H2,1-4H3;6-7,10,12,20H,4-5,8-9,11H2,1-3H3. The number of hydrogen-bond donors (Lipinski definition) is 1. The monoisotopic (exact) mass is 808 g/mol. The van der Waals surface area contributed by atoms with Crippen LogP contribution in [0.5, 0.6) is 0 Å². The third-order valence-electron chi connectivity index (χ3n) is 9.30. The van der Waals surface area contributed by atoms with Gasteiger partial charge in [-0.2, -0.15) is 10.2 Å². The van der Waals surface area contributed by atoms with Gasteiger partial charge in [0.05, 0.1) is 26.3 Å². The summed E-state index contributed by atoms with van der Waals surface area (Å²) >= 11 is 15.2. The van der Waals surface area contributed by atoms with E-state index in [0.717, 1.165) is 75.1 Å². The van der Waals surface area contributed by atoms with E-state index < -0.39 is 20.9 Å². The Morgan fingerprint density at radius 2 is 1.27 bits per heavy atom. The summed E-state index contributed by atoms with van der Waals surface area (Å²) in [4.78, 5) is 28.1. The van der Waals surface area contributed by atoms with Gasteiger partial charge in [0.15, 0.2) is 0 Å². The summed E-state index contributed by atoms with van der Waals surface area (Å²) in [5.41, 5.74) is 2.69. The van der Waals surface area contributed by atoms with E-state index in [1.54, 1.807) is 16.0 Å². The first kappa shape index (κ1) is 40.8. The van der Waals surface area contributed by atoms with E-state index in [0.29, 0.717) is 31.8 Å². The zero-order valence-corrected chi connectivity index (χ0v) is 35.0. The Morgan fingerprint density at radius 3 is 1.63 bits per heavy atom. The van der Waals surface area contributed by atoms with Gasteiger partial charge in [0.25, 0.3) is 11.8 Å². The molecule has 10 nitrogen and oxygen atoms in total. The van der Waals surface area contributed by atoms with Crippen molar-refractivity contribution in [3.8, 4) is 0 Å². The van der Waals surface area contributed by atoms with Gasteiger partial charge in [0.2, 0.25) is 10.0 Å². The fraction of sp³-hybridized carbons (Fsp3) is 0.568. The number of nitrogens with one attached hydrogen (secondary N) is 1. The molecule has 0 bridgehead atoms. The highest BCUT2D eigenvalue weighted by Gasteiger charge is 2.34. The second-order valence-corrected chi connectivity index (χ2v) is 21.3. The summed E-state index contributed by atoms with van der Waals surface area (Å²) in [6.45, 7) is 14.3. The summed E-state index contributed by atoms with van der Waals surface area (Å²) in [6, 6.07) is 12.0. The van der Waals surface area contributed by atoms with Gasteiger partial charge >= 0.3 is 0 Å². The molecule has 0 saturated carbocycles. The molecule has 0 amide bonds. The lowest BCUT2D eigenvalue weighted by molar-refractivity contribution is 0.0738. The zero-order chi connectivity index (χ0) is 38.0. The molecule has 2 aliphatic rings. The number of hydrogen-bond acceptors (Lipinski definition) is 9. The Labute approximate surface area is 325 Å². The van der Waals surface area contributed by atoms with Crippen LogP contribution in [0.1, 0.15) is 108 Å². The van der Waals surface area contributed by atoms with E-state index >= 15 is 0 Å². The molecule has 2 fully saturated rings. The second kappa shape index (κ2) is 16.5. The highest BCUT2D eigenvalue weighted by Crippen LogP contribution is 2.31. The molecule has 284 valence electrons. The SMILES string of the molecule is CC(C)(C)C(=O)n1nc(C2CCN(S(C)(=O)=O)C2)cc1CCc1ccc(Cl)s1.CC(C)(C)C(=O)n1nc(C2CCNC2)cc1CCc1ccc(Cl)s1. The van der Waals surface area contributed by atoms with Gasteiger partial charge in [-0.1, -0.05) is 64.7 Å². The molecule has 2 saturated heterocycles. The van der Waals surface area contributed by atoms with E-state index in [9.17, 15) is 18.0 Å². The van der Waals surface area contributed by atoms with Crippen LogP contribution in [0, 0.1) is 10.8 Å². The number of nitrogens with zero attached hydrogens (tertiary/aromatic N) is 5. The molecule has 0 radical (unpaired) electrons. The molecular formula is C37H50Cl2N6O4S3. The Morgan fingerprint density at radius 1 is 0.788 bits per heavy atom. The fourth-order valence-corrected chi connectivity index (χ4v) is 9.34. The van der Waals surface area contributed by atoms with Crippen molar-refractivity contribution in [3.63, 3.8) is 0 Å². The van der Waals surface area contributed by atoms with Crippen LogP contribution >= 0.6 is 45.9 Å². The molecule has 4 aromatic heterocycles. The number of rotatable bonds is 9. The van der Waals surface area contributed by atoms with Crippen molar-refractivity contribution in [2.45, 2.75) is 91.9 Å². The van der Waals surface area contributed by atoms with Gasteiger partial charge in [0, 0.05) is 63.4 Å². The summed E-state index contributed by atoms with van der Waals surface area (Å²) in [5, 5.41) is 12.7. The number of carbonyl (C=O) groups is 2. The van der Waals surface area contributed by atoms with Gasteiger partial charge in [-0.25, -0.2) is 22.1 Å². The van der Waals surface area contributed by atoms with Crippen LogP contribution in [0.15, 0.2) is 36.4 Å². The largest absolute Gasteiger partial charge is 0.316 e. The number of thiophene rings is 2. The van der Waals surface area contributed by atoms with Crippen LogP contribution in [0.2, 0.25) is 8.67 Å². The fourth-order valence-electron chi connectivity index (χ4n) is 6.28. The van der Waals surface area contributed by atoms with Crippen molar-refractivity contribution in [1.82, 2.24) is 29.2 Å². The maximum Gasteiger partial charge on any atom is 0.252 e. The van der Waals surface area contributed by atoms with Gasteiger partial charge in [-0.05, 0) is 81.5 Å². The molecule has 6 heterocycles. The number of sulfonamides is 1. The number of aromatic nitrogens is 4. The van der Waals surface area contributed by atoms with Crippen molar-refractivity contribution in [2.75, 3.05) is 32.4 Å². The lowest BCUT2D eigenvalue weighted by Gasteiger charge is -2.18. The van der Waals surface area contributed by atoms with E-state index in [1.165, 1.54) is 31.5 Å². The topological polar surface area (TPSA) is 119 Å². The normalized spacial score (nSPS) is 18.5. The number of carbonyl (C=O) groups excluding carboxylic acids is 2. The molecule has 0 aromatic carbocycles. The average molecular weight is 810 g/mol. The minimum absolute atomic E-state index is 0.0127. The molecule has 6 rings (SSSR count). The Balaban J connectivity index is 0.000000203. The van der Waals surface area contributed by atoms with Crippen molar-refractivity contribution < 1.29 is 18.0 Å². The Hall–Kier alpha value is -2.39. The first-order valence-corrected chi connectivity index (χ1v) is 21.9. The third-order valence-corrected chi connectivity index (χ3v) is 13.2. The predicted octanol–water partition coefficient (Wildman–Crippen LogP) is 7.96. The molecule has 0 spiro atoms. The second-order valence-electron chi connectivity index (χ2n) is 15.8. The van der Waals surface area contributed by atoms with Crippen LogP contribution in [0.3, 0.4) is 0 Å². The minimum Gasteiger partial charge on any atom is -0.316 e. The van der Waals surface area contributed by atoms with Crippen molar-refractivity contribution in [2.24, 2.45) is 10.8 Å². The molecule has 2 atom stereocenters. The average Bonchev–Trinajstić information content (AvgIpc) is 3.88. The maximum atomic E-state index is 12.9. The quantitative estimate of drug-likeness (QED) is 0.182. The van der Waals surface area contributed by atoms with Crippen molar-refractivity contribution in [1.29, 1.82) is 0 Å².